The summed E-state index contributed by atoms with van der Waals surface area (Å²) in [4.78, 5) is 7.54. The maximum absolute atomic E-state index is 10.9. The van der Waals surface area contributed by atoms with Gasteiger partial charge in [-0.1, -0.05) is 171 Å². The van der Waals surface area contributed by atoms with Crippen molar-refractivity contribution in [1.29, 1.82) is 0 Å². The van der Waals surface area contributed by atoms with Crippen molar-refractivity contribution in [2.75, 3.05) is 70.4 Å². The second kappa shape index (κ2) is 34.0. The van der Waals surface area contributed by atoms with Gasteiger partial charge in [0.15, 0.2) is 0 Å². The fraction of sp³-hybridized carbons (Fsp3) is 1.00. The number of rotatable bonds is 35. The Labute approximate surface area is 296 Å². The third-order valence-corrected chi connectivity index (χ3v) is 12.4. The molecule has 0 aromatic heterocycles. The van der Waals surface area contributed by atoms with Gasteiger partial charge in [-0.15, -0.1) is 0 Å². The van der Waals surface area contributed by atoms with Crippen molar-refractivity contribution >= 4 is 21.6 Å². The van der Waals surface area contributed by atoms with Crippen LogP contribution in [0, 0.1) is 0 Å². The number of piperazine rings is 1. The number of hydrogen-bond acceptors (Lipinski definition) is 7. The van der Waals surface area contributed by atoms with E-state index >= 15 is 0 Å². The summed E-state index contributed by atoms with van der Waals surface area (Å²) in [6.07, 6.45) is 29.1. The van der Waals surface area contributed by atoms with E-state index in [4.69, 9.17) is 0 Å². The van der Waals surface area contributed by atoms with Gasteiger partial charge < -0.3 is 15.1 Å². The molecular weight excluding hydrogens is 607 g/mol. The minimum Gasteiger partial charge on any atom is -0.392 e. The molecular formula is C39H81N3O2S2. The minimum absolute atomic E-state index is 0.270. The van der Waals surface area contributed by atoms with Crippen LogP contribution >= 0.6 is 21.6 Å². The van der Waals surface area contributed by atoms with Crippen LogP contribution in [-0.4, -0.2) is 108 Å². The van der Waals surface area contributed by atoms with E-state index in [1.165, 1.54) is 161 Å². The minimum atomic E-state index is -0.270. The normalized spacial score (nSPS) is 16.0. The van der Waals surface area contributed by atoms with E-state index in [0.717, 1.165) is 44.4 Å². The maximum Gasteiger partial charge on any atom is 0.0667 e. The zero-order valence-corrected chi connectivity index (χ0v) is 32.9. The molecule has 0 aromatic rings. The molecule has 0 aromatic carbocycles. The molecule has 2 N–H and O–H groups in total. The molecule has 2 atom stereocenters. The van der Waals surface area contributed by atoms with Gasteiger partial charge in [-0.3, -0.25) is 9.80 Å². The van der Waals surface area contributed by atoms with Crippen LogP contribution in [0.3, 0.4) is 0 Å². The van der Waals surface area contributed by atoms with Crippen molar-refractivity contribution in [2.45, 2.75) is 181 Å². The van der Waals surface area contributed by atoms with E-state index in [-0.39, 0.29) is 12.2 Å². The first-order valence-corrected chi connectivity index (χ1v) is 22.8. The molecule has 2 unspecified atom stereocenters. The molecule has 1 aliphatic rings. The summed E-state index contributed by atoms with van der Waals surface area (Å²) in [5.41, 5.74) is 0. The average molecular weight is 688 g/mol. The molecule has 46 heavy (non-hydrogen) atoms. The zero-order valence-electron chi connectivity index (χ0n) is 31.2. The van der Waals surface area contributed by atoms with Gasteiger partial charge in [-0.25, -0.2) is 0 Å². The summed E-state index contributed by atoms with van der Waals surface area (Å²) < 4.78 is 0. The predicted octanol–water partition coefficient (Wildman–Crippen LogP) is 10.0. The smallest absolute Gasteiger partial charge is 0.0667 e. The van der Waals surface area contributed by atoms with Crippen molar-refractivity contribution in [1.82, 2.24) is 14.7 Å². The van der Waals surface area contributed by atoms with Crippen molar-refractivity contribution < 1.29 is 10.2 Å². The van der Waals surface area contributed by atoms with Crippen LogP contribution in [0.1, 0.15) is 168 Å². The summed E-state index contributed by atoms with van der Waals surface area (Å²) in [6.45, 7) is 16.5. The molecule has 1 aliphatic heterocycles. The van der Waals surface area contributed by atoms with Gasteiger partial charge in [0.1, 0.15) is 0 Å². The quantitative estimate of drug-likeness (QED) is 0.0508. The number of likely N-dealkylation sites (N-methyl/N-ethyl adjacent to an activating group) is 1. The lowest BCUT2D eigenvalue weighted by Crippen LogP contribution is -2.46. The molecule has 0 bridgehead atoms. The van der Waals surface area contributed by atoms with Crippen molar-refractivity contribution in [3.8, 4) is 0 Å². The average Bonchev–Trinajstić information content (AvgIpc) is 3.06. The first-order chi connectivity index (χ1) is 22.6. The molecule has 0 radical (unpaired) electrons. The van der Waals surface area contributed by atoms with Crippen molar-refractivity contribution in [3.63, 3.8) is 0 Å². The Morgan fingerprint density at radius 1 is 0.500 bits per heavy atom. The zero-order chi connectivity index (χ0) is 33.3. The van der Waals surface area contributed by atoms with E-state index in [0.29, 0.717) is 13.1 Å². The molecule has 0 spiro atoms. The van der Waals surface area contributed by atoms with Gasteiger partial charge in [0, 0.05) is 57.3 Å². The summed E-state index contributed by atoms with van der Waals surface area (Å²) >= 11 is 0. The topological polar surface area (TPSA) is 50.2 Å². The van der Waals surface area contributed by atoms with Crippen molar-refractivity contribution in [2.24, 2.45) is 0 Å². The summed E-state index contributed by atoms with van der Waals surface area (Å²) in [6, 6.07) is 0. The number of aliphatic hydroxyl groups excluding tert-OH is 2. The van der Waals surface area contributed by atoms with E-state index in [1.54, 1.807) is 0 Å². The Morgan fingerprint density at radius 3 is 1.33 bits per heavy atom. The first-order valence-electron chi connectivity index (χ1n) is 20.4. The van der Waals surface area contributed by atoms with E-state index in [9.17, 15) is 10.2 Å². The molecule has 0 aliphatic carbocycles. The first kappa shape index (κ1) is 44.5. The monoisotopic (exact) mass is 688 g/mol. The molecule has 1 saturated heterocycles. The number of hydrogen-bond donors (Lipinski definition) is 2. The molecule has 0 saturated carbocycles. The molecule has 7 heteroatoms. The van der Waals surface area contributed by atoms with Crippen LogP contribution in [0.2, 0.25) is 0 Å². The number of aliphatic hydroxyl groups is 2. The SMILES string of the molecule is CCCCCCCCCCCCC(O)CN(CCCSSCCN1CCN(CC)CC1)CC(O)CCCCCCCCCCCC. The fourth-order valence-corrected chi connectivity index (χ4v) is 8.83. The predicted molar refractivity (Wildman–Crippen MR) is 209 cm³/mol. The van der Waals surface area contributed by atoms with Crippen LogP contribution in [0.5, 0.6) is 0 Å². The Morgan fingerprint density at radius 2 is 0.891 bits per heavy atom. The van der Waals surface area contributed by atoms with Crippen LogP contribution in [0.25, 0.3) is 0 Å². The van der Waals surface area contributed by atoms with Crippen LogP contribution in [-0.2, 0) is 0 Å². The van der Waals surface area contributed by atoms with E-state index in [1.807, 2.05) is 21.6 Å². The molecule has 276 valence electrons. The molecule has 1 heterocycles. The Hall–Kier alpha value is 0.500. The highest BCUT2D eigenvalue weighted by molar-refractivity contribution is 8.76. The lowest BCUT2D eigenvalue weighted by molar-refractivity contribution is 0.0607. The molecule has 1 fully saturated rings. The van der Waals surface area contributed by atoms with Crippen LogP contribution in [0.4, 0.5) is 0 Å². The van der Waals surface area contributed by atoms with Gasteiger partial charge in [0.2, 0.25) is 0 Å². The van der Waals surface area contributed by atoms with Gasteiger partial charge in [-0.05, 0) is 32.4 Å². The molecule has 5 nitrogen and oxygen atoms in total. The highest BCUT2D eigenvalue weighted by Gasteiger charge is 2.17. The summed E-state index contributed by atoms with van der Waals surface area (Å²) in [5, 5.41) is 21.8. The summed E-state index contributed by atoms with van der Waals surface area (Å²) in [7, 11) is 4.04. The second-order valence-corrected chi connectivity index (χ2v) is 17.0. The number of nitrogens with zero attached hydrogens (tertiary/aromatic N) is 3. The highest BCUT2D eigenvalue weighted by Crippen LogP contribution is 2.23. The molecule has 0 amide bonds. The fourth-order valence-electron chi connectivity index (χ4n) is 6.73. The van der Waals surface area contributed by atoms with Gasteiger partial charge in [-0.2, -0.15) is 0 Å². The van der Waals surface area contributed by atoms with Crippen LogP contribution < -0.4 is 0 Å². The van der Waals surface area contributed by atoms with Gasteiger partial charge in [0.25, 0.3) is 0 Å². The summed E-state index contributed by atoms with van der Waals surface area (Å²) in [5.74, 6) is 2.35. The Balaban J connectivity index is 2.25. The van der Waals surface area contributed by atoms with Crippen LogP contribution in [0.15, 0.2) is 0 Å². The maximum atomic E-state index is 10.9. The lowest BCUT2D eigenvalue weighted by atomic mass is 10.0. The molecule has 1 rings (SSSR count). The Kier molecular flexibility index (Phi) is 32.9. The van der Waals surface area contributed by atoms with E-state index in [2.05, 4.69) is 35.5 Å². The van der Waals surface area contributed by atoms with Crippen molar-refractivity contribution in [3.05, 3.63) is 0 Å². The third-order valence-electron chi connectivity index (χ3n) is 9.91. The Bertz CT molecular complexity index is 578. The standard InChI is InChI=1S/C39H81N3O2S2/c1-4-7-9-11-13-15-17-19-21-23-26-38(43)36-42(37-39(44)27-24-22-20-18-16-14-12-10-8-5-2)28-25-34-45-46-35-33-41-31-29-40(6-3)30-32-41/h38-39,43-44H,4-37H2,1-3H3. The van der Waals surface area contributed by atoms with Gasteiger partial charge >= 0.3 is 0 Å². The lowest BCUT2D eigenvalue weighted by Gasteiger charge is -2.33. The van der Waals surface area contributed by atoms with Gasteiger partial charge in [0.05, 0.1) is 12.2 Å². The third kappa shape index (κ3) is 28.3. The van der Waals surface area contributed by atoms with E-state index < -0.39 is 0 Å². The largest absolute Gasteiger partial charge is 0.392 e. The highest BCUT2D eigenvalue weighted by atomic mass is 33.1. The second-order valence-electron chi connectivity index (χ2n) is 14.3. The number of unbranched alkanes of at least 4 members (excludes halogenated alkanes) is 18.